The molecule has 0 atom stereocenters. The summed E-state index contributed by atoms with van der Waals surface area (Å²) in [5.41, 5.74) is 4.87. The number of unbranched alkanes of at least 4 members (excludes halogenated alkanes) is 1. The van der Waals surface area contributed by atoms with E-state index < -0.39 is 0 Å². The number of ketones is 1. The molecule has 0 saturated heterocycles. The normalized spacial score (nSPS) is 11.4. The maximum absolute atomic E-state index is 14.1. The molecule has 4 heterocycles. The van der Waals surface area contributed by atoms with Crippen molar-refractivity contribution in [3.8, 4) is 28.3 Å². The van der Waals surface area contributed by atoms with E-state index in [0.29, 0.717) is 23.8 Å². The smallest absolute Gasteiger partial charge is 0.331 e. The molecule has 0 bridgehead atoms. The number of carbonyl (C=O) groups excluding carboxylic acids is 1. The summed E-state index contributed by atoms with van der Waals surface area (Å²) in [5.74, 6) is 1.09. The van der Waals surface area contributed by atoms with E-state index in [2.05, 4.69) is 32.5 Å². The van der Waals surface area contributed by atoms with Gasteiger partial charge in [0.1, 0.15) is 5.82 Å². The molecule has 0 unspecified atom stereocenters. The third-order valence-corrected chi connectivity index (χ3v) is 6.95. The number of H-pyrrole nitrogens is 1. The number of imidazole rings is 1. The van der Waals surface area contributed by atoms with Crippen molar-refractivity contribution in [2.45, 2.75) is 59.5 Å². The first-order valence-electron chi connectivity index (χ1n) is 13.2. The molecule has 0 fully saturated rings. The summed E-state index contributed by atoms with van der Waals surface area (Å²) in [6.45, 7) is 8.07. The predicted octanol–water partition coefficient (Wildman–Crippen LogP) is 4.86. The average molecular weight is 525 g/mol. The first-order chi connectivity index (χ1) is 18.9. The Morgan fingerprint density at radius 2 is 1.87 bits per heavy atom. The zero-order chi connectivity index (χ0) is 27.5. The number of nitrogens with one attached hydrogen (secondary N) is 1. The Morgan fingerprint density at radius 1 is 1.08 bits per heavy atom. The first-order valence-corrected chi connectivity index (χ1v) is 13.2. The molecule has 5 aromatic rings. The van der Waals surface area contributed by atoms with Crippen molar-refractivity contribution in [3.63, 3.8) is 0 Å². The van der Waals surface area contributed by atoms with Gasteiger partial charge in [-0.25, -0.2) is 9.89 Å². The van der Waals surface area contributed by atoms with Gasteiger partial charge in [-0.2, -0.15) is 0 Å². The Bertz CT molecular complexity index is 1660. The number of aromatic amines is 1. The number of benzene rings is 1. The van der Waals surface area contributed by atoms with E-state index in [1.54, 1.807) is 27.6 Å². The van der Waals surface area contributed by atoms with Gasteiger partial charge in [0.25, 0.3) is 0 Å². The number of tetrazole rings is 1. The van der Waals surface area contributed by atoms with Crippen LogP contribution in [0.4, 0.5) is 0 Å². The fraction of sp³-hybridized carbons (Fsp3) is 0.310. The summed E-state index contributed by atoms with van der Waals surface area (Å²) < 4.78 is 5.41. The molecule has 10 heteroatoms. The Labute approximate surface area is 226 Å². The molecule has 4 aromatic heterocycles. The van der Waals surface area contributed by atoms with Gasteiger partial charge in [-0.05, 0) is 72.9 Å². The highest BCUT2D eigenvalue weighted by Gasteiger charge is 2.22. The average Bonchev–Trinajstić information content (AvgIpc) is 3.68. The SMILES string of the molecule is CCCCc1cn(-c2c(C(C)=O)ccn2C(C)C)c(=O)n1Cc1cnccc1-c1ccccc1-c1nnn[nH]1. The molecule has 0 aliphatic heterocycles. The standard InChI is InChI=1S/C29H32N8O2/c1-5-6-9-22-18-37(28-23(20(4)38)13-15-35(28)19(2)3)29(39)36(22)17-21-16-30-14-12-24(21)25-10-7-8-11-26(25)27-31-33-34-32-27/h7-8,10-16,18-19H,5-6,9,17H2,1-4H3,(H,31,32,33,34). The Morgan fingerprint density at radius 3 is 2.56 bits per heavy atom. The third-order valence-electron chi connectivity index (χ3n) is 6.95. The van der Waals surface area contributed by atoms with Crippen molar-refractivity contribution in [1.29, 1.82) is 0 Å². The number of aromatic nitrogens is 8. The van der Waals surface area contributed by atoms with Gasteiger partial charge in [-0.15, -0.1) is 5.10 Å². The second-order valence-corrected chi connectivity index (χ2v) is 9.90. The van der Waals surface area contributed by atoms with Crippen LogP contribution in [0.5, 0.6) is 0 Å². The van der Waals surface area contributed by atoms with Gasteiger partial charge >= 0.3 is 5.69 Å². The van der Waals surface area contributed by atoms with Crippen LogP contribution in [0, 0.1) is 0 Å². The van der Waals surface area contributed by atoms with Gasteiger partial charge in [-0.3, -0.25) is 18.9 Å². The molecule has 0 spiro atoms. The monoisotopic (exact) mass is 524 g/mol. The highest BCUT2D eigenvalue weighted by Crippen LogP contribution is 2.32. The molecular weight excluding hydrogens is 492 g/mol. The van der Waals surface area contributed by atoms with Gasteiger partial charge < -0.3 is 4.57 Å². The van der Waals surface area contributed by atoms with E-state index >= 15 is 0 Å². The second kappa shape index (κ2) is 11.0. The van der Waals surface area contributed by atoms with Crippen LogP contribution in [0.2, 0.25) is 0 Å². The van der Waals surface area contributed by atoms with E-state index in [-0.39, 0.29) is 17.5 Å². The lowest BCUT2D eigenvalue weighted by atomic mass is 9.96. The third kappa shape index (κ3) is 4.97. The number of rotatable bonds is 10. The lowest BCUT2D eigenvalue weighted by Gasteiger charge is -2.15. The predicted molar refractivity (Wildman–Crippen MR) is 149 cm³/mol. The maximum Gasteiger partial charge on any atom is 0.334 e. The van der Waals surface area contributed by atoms with Gasteiger partial charge in [0.2, 0.25) is 0 Å². The summed E-state index contributed by atoms with van der Waals surface area (Å²) >= 11 is 0. The minimum absolute atomic E-state index is 0.0767. The van der Waals surface area contributed by atoms with E-state index in [9.17, 15) is 9.59 Å². The van der Waals surface area contributed by atoms with Crippen molar-refractivity contribution in [3.05, 3.63) is 88.5 Å². The summed E-state index contributed by atoms with van der Waals surface area (Å²) in [6.07, 6.45) is 9.99. The van der Waals surface area contributed by atoms with E-state index in [0.717, 1.165) is 47.2 Å². The summed E-state index contributed by atoms with van der Waals surface area (Å²) in [6, 6.07) is 11.7. The molecule has 0 amide bonds. The molecule has 10 nitrogen and oxygen atoms in total. The number of pyridine rings is 1. The fourth-order valence-corrected chi connectivity index (χ4v) is 4.97. The summed E-state index contributed by atoms with van der Waals surface area (Å²) in [5, 5.41) is 14.4. The lowest BCUT2D eigenvalue weighted by Crippen LogP contribution is -2.27. The lowest BCUT2D eigenvalue weighted by molar-refractivity contribution is 0.101. The second-order valence-electron chi connectivity index (χ2n) is 9.90. The molecule has 5 rings (SSSR count). The zero-order valence-electron chi connectivity index (χ0n) is 22.6. The highest BCUT2D eigenvalue weighted by molar-refractivity contribution is 5.97. The minimum Gasteiger partial charge on any atom is -0.331 e. The largest absolute Gasteiger partial charge is 0.334 e. The van der Waals surface area contributed by atoms with Crippen LogP contribution >= 0.6 is 0 Å². The van der Waals surface area contributed by atoms with E-state index in [1.165, 1.54) is 6.92 Å². The quantitative estimate of drug-likeness (QED) is 0.261. The zero-order valence-corrected chi connectivity index (χ0v) is 22.6. The molecule has 0 aliphatic rings. The molecule has 1 aromatic carbocycles. The van der Waals surface area contributed by atoms with Crippen LogP contribution in [0.1, 0.15) is 68.2 Å². The van der Waals surface area contributed by atoms with Crippen molar-refractivity contribution in [2.75, 3.05) is 0 Å². The fourth-order valence-electron chi connectivity index (χ4n) is 4.97. The van der Waals surface area contributed by atoms with Crippen molar-refractivity contribution >= 4 is 5.78 Å². The van der Waals surface area contributed by atoms with E-state index in [4.69, 9.17) is 0 Å². The molecule has 200 valence electrons. The maximum atomic E-state index is 14.1. The van der Waals surface area contributed by atoms with Crippen LogP contribution < -0.4 is 5.69 Å². The number of hydrogen-bond donors (Lipinski definition) is 1. The summed E-state index contributed by atoms with van der Waals surface area (Å²) in [7, 11) is 0. The van der Waals surface area contributed by atoms with Crippen molar-refractivity contribution in [1.82, 2.24) is 39.3 Å². The Kier molecular flexibility index (Phi) is 7.36. The summed E-state index contributed by atoms with van der Waals surface area (Å²) in [4.78, 5) is 31.0. The number of nitrogens with zero attached hydrogens (tertiary/aromatic N) is 7. The first kappa shape index (κ1) is 26.0. The van der Waals surface area contributed by atoms with Crippen LogP contribution in [0.25, 0.3) is 28.3 Å². The number of carbonyl (C=O) groups is 1. The van der Waals surface area contributed by atoms with Crippen molar-refractivity contribution < 1.29 is 4.79 Å². The van der Waals surface area contributed by atoms with Crippen LogP contribution in [-0.2, 0) is 13.0 Å². The van der Waals surface area contributed by atoms with E-state index in [1.807, 2.05) is 61.1 Å². The number of hydrogen-bond acceptors (Lipinski definition) is 6. The van der Waals surface area contributed by atoms with Gasteiger partial charge in [0, 0.05) is 42.1 Å². The van der Waals surface area contributed by atoms with Crippen molar-refractivity contribution in [2.24, 2.45) is 0 Å². The molecular formula is C29H32N8O2. The molecule has 1 N–H and O–H groups in total. The van der Waals surface area contributed by atoms with Gasteiger partial charge in [-0.1, -0.05) is 37.6 Å². The van der Waals surface area contributed by atoms with Gasteiger partial charge in [0.15, 0.2) is 11.6 Å². The Balaban J connectivity index is 1.65. The highest BCUT2D eigenvalue weighted by atomic mass is 16.2. The molecule has 0 saturated carbocycles. The van der Waals surface area contributed by atoms with Crippen LogP contribution in [0.15, 0.2) is 66.0 Å². The van der Waals surface area contributed by atoms with Crippen LogP contribution in [0.3, 0.4) is 0 Å². The van der Waals surface area contributed by atoms with Gasteiger partial charge in [0.05, 0.1) is 12.1 Å². The number of Topliss-reactive ketones (excluding diaryl/α,β-unsaturated/α-hetero) is 1. The molecule has 0 aliphatic carbocycles. The topological polar surface area (TPSA) is 116 Å². The minimum atomic E-state index is -0.188. The molecule has 0 radical (unpaired) electrons. The Hall–Kier alpha value is -4.60. The molecule has 39 heavy (non-hydrogen) atoms. The number of aryl methyl sites for hydroxylation is 1. The van der Waals surface area contributed by atoms with Crippen LogP contribution in [-0.4, -0.2) is 45.1 Å².